The number of benzene rings is 1. The van der Waals surface area contributed by atoms with Gasteiger partial charge < -0.3 is 5.73 Å². The van der Waals surface area contributed by atoms with Crippen LogP contribution in [0.3, 0.4) is 0 Å². The van der Waals surface area contributed by atoms with Crippen LogP contribution in [0.15, 0.2) is 17.0 Å². The second-order valence-corrected chi connectivity index (χ2v) is 6.71. The van der Waals surface area contributed by atoms with Crippen molar-refractivity contribution < 1.29 is 18.0 Å². The monoisotopic (exact) mass is 317 g/mol. The molecule has 0 atom stereocenters. The van der Waals surface area contributed by atoms with Crippen LogP contribution in [-0.4, -0.2) is 37.6 Å². The summed E-state index contributed by atoms with van der Waals surface area (Å²) in [7, 11) is -4.02. The van der Waals surface area contributed by atoms with Gasteiger partial charge in [0.1, 0.15) is 0 Å². The van der Waals surface area contributed by atoms with Crippen LogP contribution in [0.25, 0.3) is 0 Å². The number of sulfonamides is 1. The van der Waals surface area contributed by atoms with Gasteiger partial charge >= 0.3 is 0 Å². The second kappa shape index (κ2) is 5.04. The third-order valence-corrected chi connectivity index (χ3v) is 5.04. The molecule has 2 rings (SSSR count). The molecule has 1 aromatic carbocycles. The summed E-state index contributed by atoms with van der Waals surface area (Å²) in [6.45, 7) is 0.699. The van der Waals surface area contributed by atoms with Gasteiger partial charge in [0.25, 0.3) is 0 Å². The fourth-order valence-corrected chi connectivity index (χ4v) is 3.79. The van der Waals surface area contributed by atoms with E-state index in [1.165, 1.54) is 19.1 Å². The molecule has 0 saturated carbocycles. The Morgan fingerprint density at radius 1 is 1.25 bits per heavy atom. The fourth-order valence-electron chi connectivity index (χ4n) is 1.86. The fraction of sp³-hybridized carbons (Fsp3) is 0.273. The zero-order chi connectivity index (χ0) is 15.1. The van der Waals surface area contributed by atoms with Gasteiger partial charge in [-0.2, -0.15) is 4.31 Å². The molecule has 1 saturated heterocycles. The van der Waals surface area contributed by atoms with Crippen molar-refractivity contribution in [1.82, 2.24) is 9.62 Å². The lowest BCUT2D eigenvalue weighted by atomic mass is 10.2. The highest BCUT2D eigenvalue weighted by Crippen LogP contribution is 2.28. The van der Waals surface area contributed by atoms with Crippen molar-refractivity contribution in [2.24, 2.45) is 0 Å². The molecule has 1 fully saturated rings. The van der Waals surface area contributed by atoms with Gasteiger partial charge in [0, 0.05) is 10.7 Å². The number of nitrogens with one attached hydrogen (secondary N) is 1. The first-order chi connectivity index (χ1) is 9.21. The van der Waals surface area contributed by atoms with Crippen LogP contribution in [0, 0.1) is 6.92 Å². The molecule has 1 aliphatic rings. The molecule has 0 radical (unpaired) electrons. The first kappa shape index (κ1) is 14.8. The molecular weight excluding hydrogens is 306 g/mol. The van der Waals surface area contributed by atoms with E-state index in [1.54, 1.807) is 0 Å². The first-order valence-electron chi connectivity index (χ1n) is 5.60. The van der Waals surface area contributed by atoms with Crippen molar-refractivity contribution in [3.05, 3.63) is 22.7 Å². The predicted octanol–water partition coefficient (Wildman–Crippen LogP) is -0.122. The zero-order valence-corrected chi connectivity index (χ0v) is 12.1. The SMILES string of the molecule is Cc1c(N)cc(Cl)cc1S(=O)(=O)N1CC(=O)NC(=O)C1. The number of nitrogen functional groups attached to an aromatic ring is 1. The van der Waals surface area contributed by atoms with Crippen LogP contribution in [0.5, 0.6) is 0 Å². The minimum atomic E-state index is -4.02. The standard InChI is InChI=1S/C11H12ClN3O4S/c1-6-8(13)2-7(12)3-9(6)20(18,19)15-4-10(16)14-11(17)5-15/h2-3H,4-5,13H2,1H3,(H,14,16,17). The summed E-state index contributed by atoms with van der Waals surface area (Å²) >= 11 is 5.82. The van der Waals surface area contributed by atoms with Gasteiger partial charge in [0.15, 0.2) is 0 Å². The molecule has 2 amide bonds. The van der Waals surface area contributed by atoms with Gasteiger partial charge in [-0.15, -0.1) is 0 Å². The second-order valence-electron chi connectivity index (χ2n) is 4.36. The summed E-state index contributed by atoms with van der Waals surface area (Å²) in [6, 6.07) is 2.68. The predicted molar refractivity (Wildman–Crippen MR) is 72.5 cm³/mol. The van der Waals surface area contributed by atoms with E-state index in [0.29, 0.717) is 5.56 Å². The number of hydrogen-bond acceptors (Lipinski definition) is 5. The average Bonchev–Trinajstić information content (AvgIpc) is 2.32. The lowest BCUT2D eigenvalue weighted by Crippen LogP contribution is -2.53. The quantitative estimate of drug-likeness (QED) is 0.583. The largest absolute Gasteiger partial charge is 0.398 e. The molecule has 0 unspecified atom stereocenters. The molecule has 3 N–H and O–H groups in total. The highest BCUT2D eigenvalue weighted by molar-refractivity contribution is 7.89. The number of anilines is 1. The first-order valence-corrected chi connectivity index (χ1v) is 7.42. The van der Waals surface area contributed by atoms with Crippen LogP contribution in [0.4, 0.5) is 5.69 Å². The van der Waals surface area contributed by atoms with E-state index < -0.39 is 34.9 Å². The maximum atomic E-state index is 12.5. The minimum absolute atomic E-state index is 0.106. The summed E-state index contributed by atoms with van der Waals surface area (Å²) in [5.74, 6) is -1.34. The summed E-state index contributed by atoms with van der Waals surface area (Å²) in [5, 5.41) is 2.20. The van der Waals surface area contributed by atoms with Crippen LogP contribution < -0.4 is 11.1 Å². The molecule has 20 heavy (non-hydrogen) atoms. The number of nitrogens with two attached hydrogens (primary N) is 1. The number of rotatable bonds is 2. The van der Waals surface area contributed by atoms with Crippen LogP contribution in [0.1, 0.15) is 5.56 Å². The molecule has 9 heteroatoms. The Labute approximate surface area is 120 Å². The Kier molecular flexibility index (Phi) is 3.72. The number of amides is 2. The Hall–Kier alpha value is -1.64. The van der Waals surface area contributed by atoms with Crippen molar-refractivity contribution in [3.63, 3.8) is 0 Å². The summed E-state index contributed by atoms with van der Waals surface area (Å²) < 4.78 is 25.8. The van der Waals surface area contributed by atoms with Gasteiger partial charge in [-0.25, -0.2) is 8.42 Å². The highest BCUT2D eigenvalue weighted by Gasteiger charge is 2.34. The number of carbonyl (C=O) groups excluding carboxylic acids is 2. The Morgan fingerprint density at radius 2 is 1.80 bits per heavy atom. The summed E-state index contributed by atoms with van der Waals surface area (Å²) in [5.41, 5.74) is 6.24. The summed E-state index contributed by atoms with van der Waals surface area (Å²) in [4.78, 5) is 22.5. The highest BCUT2D eigenvalue weighted by atomic mass is 35.5. The van der Waals surface area contributed by atoms with Crippen molar-refractivity contribution in [2.45, 2.75) is 11.8 Å². The van der Waals surface area contributed by atoms with Gasteiger partial charge in [-0.1, -0.05) is 11.6 Å². The average molecular weight is 318 g/mol. The van der Waals surface area contributed by atoms with Gasteiger partial charge in [0.05, 0.1) is 18.0 Å². The van der Waals surface area contributed by atoms with Gasteiger partial charge in [-0.05, 0) is 24.6 Å². The van der Waals surface area contributed by atoms with E-state index in [2.05, 4.69) is 0 Å². The minimum Gasteiger partial charge on any atom is -0.398 e. The van der Waals surface area contributed by atoms with E-state index in [0.717, 1.165) is 4.31 Å². The Bertz CT molecular complexity index is 686. The molecule has 1 aromatic rings. The zero-order valence-electron chi connectivity index (χ0n) is 10.5. The smallest absolute Gasteiger partial charge is 0.244 e. The molecule has 1 heterocycles. The molecule has 0 bridgehead atoms. The van der Waals surface area contributed by atoms with Crippen LogP contribution in [-0.2, 0) is 19.6 Å². The normalized spacial score (nSPS) is 17.1. The number of nitrogens with zero attached hydrogens (tertiary/aromatic N) is 1. The number of imide groups is 1. The third kappa shape index (κ3) is 2.62. The number of piperazine rings is 1. The van der Waals surface area contributed by atoms with E-state index in [9.17, 15) is 18.0 Å². The van der Waals surface area contributed by atoms with Gasteiger partial charge in [-0.3, -0.25) is 14.9 Å². The van der Waals surface area contributed by atoms with E-state index in [4.69, 9.17) is 17.3 Å². The molecular formula is C11H12ClN3O4S. The van der Waals surface area contributed by atoms with Gasteiger partial charge in [0.2, 0.25) is 21.8 Å². The van der Waals surface area contributed by atoms with Crippen LogP contribution in [0.2, 0.25) is 5.02 Å². The molecule has 0 aliphatic carbocycles. The van der Waals surface area contributed by atoms with Crippen molar-refractivity contribution in [3.8, 4) is 0 Å². The Balaban J connectivity index is 2.50. The molecule has 108 valence electrons. The maximum absolute atomic E-state index is 12.5. The van der Waals surface area contributed by atoms with Crippen molar-refractivity contribution >= 4 is 39.1 Å². The summed E-state index contributed by atoms with van der Waals surface area (Å²) in [6.07, 6.45) is 0. The molecule has 1 aliphatic heterocycles. The van der Waals surface area contributed by atoms with E-state index in [1.807, 2.05) is 5.32 Å². The maximum Gasteiger partial charge on any atom is 0.244 e. The van der Waals surface area contributed by atoms with Crippen molar-refractivity contribution in [1.29, 1.82) is 0 Å². The number of halogens is 1. The van der Waals surface area contributed by atoms with Crippen LogP contribution >= 0.6 is 11.6 Å². The lowest BCUT2D eigenvalue weighted by molar-refractivity contribution is -0.134. The topological polar surface area (TPSA) is 110 Å². The van der Waals surface area contributed by atoms with E-state index >= 15 is 0 Å². The molecule has 0 aromatic heterocycles. The Morgan fingerprint density at radius 3 is 2.35 bits per heavy atom. The lowest BCUT2D eigenvalue weighted by Gasteiger charge is -2.25. The number of carbonyl (C=O) groups is 2. The third-order valence-electron chi connectivity index (χ3n) is 2.90. The van der Waals surface area contributed by atoms with Crippen molar-refractivity contribution in [2.75, 3.05) is 18.8 Å². The molecule has 7 nitrogen and oxygen atoms in total. The van der Waals surface area contributed by atoms with E-state index in [-0.39, 0.29) is 15.6 Å². The number of hydrogen-bond donors (Lipinski definition) is 2. The molecule has 0 spiro atoms.